The fourth-order valence-corrected chi connectivity index (χ4v) is 5.20. The quantitative estimate of drug-likeness (QED) is 0.584. The molecule has 0 aliphatic heterocycles. The van der Waals surface area contributed by atoms with Crippen molar-refractivity contribution in [1.29, 1.82) is 0 Å². The van der Waals surface area contributed by atoms with Gasteiger partial charge in [-0.2, -0.15) is 0 Å². The molecule has 0 spiro atoms. The number of nitrogens with one attached hydrogen (secondary N) is 1. The molecule has 1 N–H and O–H groups in total. The molecule has 0 heterocycles. The minimum atomic E-state index is -4.23. The zero-order chi connectivity index (χ0) is 19.7. The second kappa shape index (κ2) is 7.00. The van der Waals surface area contributed by atoms with Crippen molar-refractivity contribution in [2.45, 2.75) is 23.6 Å². The third kappa shape index (κ3) is 4.17. The van der Waals surface area contributed by atoms with Gasteiger partial charge in [-0.15, -0.1) is 0 Å². The maximum Gasteiger partial charge on any atom is 0.305 e. The van der Waals surface area contributed by atoms with Gasteiger partial charge in [0, 0.05) is 10.6 Å². The van der Waals surface area contributed by atoms with Gasteiger partial charge in [-0.1, -0.05) is 12.1 Å². The standard InChI is InChI=1S/C15H15FN2O6S2/c1-10-7-12(8-11(2)15(10)25(21,22)9-18(19)20)17-26(23,24)14-6-4-3-5-13(14)16/h3-8,17H,9H2,1-2H3. The van der Waals surface area contributed by atoms with Crippen LogP contribution in [0.4, 0.5) is 10.1 Å². The van der Waals surface area contributed by atoms with Crippen LogP contribution in [-0.2, 0) is 19.9 Å². The highest BCUT2D eigenvalue weighted by molar-refractivity contribution is 7.92. The number of sulfone groups is 1. The van der Waals surface area contributed by atoms with E-state index in [2.05, 4.69) is 4.72 Å². The first kappa shape index (κ1) is 19.8. The van der Waals surface area contributed by atoms with Crippen LogP contribution in [0.1, 0.15) is 11.1 Å². The van der Waals surface area contributed by atoms with E-state index in [1.165, 1.54) is 38.1 Å². The Labute approximate surface area is 149 Å². The first-order valence-electron chi connectivity index (χ1n) is 7.17. The third-order valence-electron chi connectivity index (χ3n) is 3.43. The Bertz CT molecular complexity index is 1060. The molecule has 0 fully saturated rings. The number of hydrogen-bond donors (Lipinski definition) is 1. The van der Waals surface area contributed by atoms with Gasteiger partial charge < -0.3 is 0 Å². The molecule has 0 amide bonds. The highest BCUT2D eigenvalue weighted by Gasteiger charge is 2.26. The Morgan fingerprint density at radius 1 is 1.08 bits per heavy atom. The van der Waals surface area contributed by atoms with Crippen molar-refractivity contribution in [2.75, 3.05) is 10.6 Å². The van der Waals surface area contributed by atoms with Crippen molar-refractivity contribution >= 4 is 25.5 Å². The molecular weight excluding hydrogens is 387 g/mol. The number of hydrogen-bond acceptors (Lipinski definition) is 6. The lowest BCUT2D eigenvalue weighted by molar-refractivity contribution is -0.458. The van der Waals surface area contributed by atoms with Crippen LogP contribution in [0.15, 0.2) is 46.2 Å². The molecule has 0 unspecified atom stereocenters. The maximum absolute atomic E-state index is 13.7. The first-order chi connectivity index (χ1) is 11.9. The summed E-state index contributed by atoms with van der Waals surface area (Å²) in [6.07, 6.45) is 0. The molecule has 0 saturated carbocycles. The van der Waals surface area contributed by atoms with Gasteiger partial charge in [0.15, 0.2) is 0 Å². The molecule has 0 aromatic heterocycles. The van der Waals surface area contributed by atoms with Gasteiger partial charge in [-0.05, 0) is 49.2 Å². The van der Waals surface area contributed by atoms with Crippen LogP contribution in [0, 0.1) is 29.8 Å². The minimum Gasteiger partial charge on any atom is -0.280 e. The van der Waals surface area contributed by atoms with Crippen molar-refractivity contribution < 1.29 is 26.1 Å². The smallest absolute Gasteiger partial charge is 0.280 e. The zero-order valence-corrected chi connectivity index (χ0v) is 15.4. The van der Waals surface area contributed by atoms with Gasteiger partial charge in [0.05, 0.1) is 4.90 Å². The third-order valence-corrected chi connectivity index (χ3v) is 6.66. The SMILES string of the molecule is Cc1cc(NS(=O)(=O)c2ccccc2F)cc(C)c1S(=O)(=O)C[N+](=O)[O-]. The molecule has 2 aromatic carbocycles. The predicted octanol–water partition coefficient (Wildman–Crippen LogP) is 2.25. The van der Waals surface area contributed by atoms with Gasteiger partial charge in [0.1, 0.15) is 10.7 Å². The van der Waals surface area contributed by atoms with Crippen LogP contribution in [0.25, 0.3) is 0 Å². The molecule has 0 aliphatic rings. The molecule has 8 nitrogen and oxygen atoms in total. The number of rotatable bonds is 6. The number of nitrogens with zero attached hydrogens (tertiary/aromatic N) is 1. The van der Waals surface area contributed by atoms with E-state index in [-0.39, 0.29) is 21.7 Å². The average Bonchev–Trinajstić information content (AvgIpc) is 2.44. The van der Waals surface area contributed by atoms with Crippen molar-refractivity contribution in [1.82, 2.24) is 0 Å². The first-order valence-corrected chi connectivity index (χ1v) is 10.3. The summed E-state index contributed by atoms with van der Waals surface area (Å²) in [6.45, 7) is 2.78. The summed E-state index contributed by atoms with van der Waals surface area (Å²) in [6, 6.07) is 7.24. The van der Waals surface area contributed by atoms with E-state index in [9.17, 15) is 31.3 Å². The van der Waals surface area contributed by atoms with E-state index in [1.54, 1.807) is 0 Å². The maximum atomic E-state index is 13.7. The van der Waals surface area contributed by atoms with Crippen molar-refractivity contribution in [3.63, 3.8) is 0 Å². The summed E-state index contributed by atoms with van der Waals surface area (Å²) in [5.74, 6) is -2.20. The molecule has 0 aliphatic carbocycles. The molecule has 140 valence electrons. The number of halogens is 1. The lowest BCUT2D eigenvalue weighted by atomic mass is 10.1. The Morgan fingerprint density at radius 3 is 2.12 bits per heavy atom. The highest BCUT2D eigenvalue weighted by Crippen LogP contribution is 2.27. The topological polar surface area (TPSA) is 123 Å². The van der Waals surface area contributed by atoms with Crippen LogP contribution in [-0.4, -0.2) is 27.6 Å². The van der Waals surface area contributed by atoms with E-state index < -0.39 is 41.4 Å². The monoisotopic (exact) mass is 402 g/mol. The van der Waals surface area contributed by atoms with Gasteiger partial charge in [-0.3, -0.25) is 14.8 Å². The predicted molar refractivity (Wildman–Crippen MR) is 92.2 cm³/mol. The Hall–Kier alpha value is -2.53. The summed E-state index contributed by atoms with van der Waals surface area (Å²) in [7, 11) is -8.40. The summed E-state index contributed by atoms with van der Waals surface area (Å²) in [4.78, 5) is 8.81. The summed E-state index contributed by atoms with van der Waals surface area (Å²) >= 11 is 0. The highest BCUT2D eigenvalue weighted by atomic mass is 32.2. The molecule has 11 heteroatoms. The average molecular weight is 402 g/mol. The van der Waals surface area contributed by atoms with Crippen LogP contribution in [0.5, 0.6) is 0 Å². The lowest BCUT2D eigenvalue weighted by Gasteiger charge is -2.13. The molecular formula is C15H15FN2O6S2. The van der Waals surface area contributed by atoms with E-state index in [0.717, 1.165) is 12.1 Å². The van der Waals surface area contributed by atoms with Gasteiger partial charge in [-0.25, -0.2) is 21.2 Å². The Morgan fingerprint density at radius 2 is 1.62 bits per heavy atom. The second-order valence-corrected chi connectivity index (χ2v) is 9.10. The molecule has 0 bridgehead atoms. The second-order valence-electron chi connectivity index (χ2n) is 5.55. The van der Waals surface area contributed by atoms with E-state index in [0.29, 0.717) is 0 Å². The van der Waals surface area contributed by atoms with Gasteiger partial charge in [0.2, 0.25) is 9.84 Å². The van der Waals surface area contributed by atoms with E-state index in [4.69, 9.17) is 0 Å². The molecule has 26 heavy (non-hydrogen) atoms. The van der Waals surface area contributed by atoms with Crippen molar-refractivity contribution in [3.8, 4) is 0 Å². The molecule has 0 saturated heterocycles. The molecule has 0 atom stereocenters. The number of sulfonamides is 1. The van der Waals surface area contributed by atoms with Crippen LogP contribution in [0.2, 0.25) is 0 Å². The largest absolute Gasteiger partial charge is 0.305 e. The van der Waals surface area contributed by atoms with Crippen LogP contribution < -0.4 is 4.72 Å². The zero-order valence-electron chi connectivity index (χ0n) is 13.8. The fraction of sp³-hybridized carbons (Fsp3) is 0.200. The Kier molecular flexibility index (Phi) is 5.33. The van der Waals surface area contributed by atoms with E-state index in [1.807, 2.05) is 0 Å². The lowest BCUT2D eigenvalue weighted by Crippen LogP contribution is -2.18. The van der Waals surface area contributed by atoms with Crippen LogP contribution in [0.3, 0.4) is 0 Å². The molecule has 2 rings (SSSR count). The van der Waals surface area contributed by atoms with Crippen molar-refractivity contribution in [2.24, 2.45) is 0 Å². The Balaban J connectivity index is 2.46. The number of aryl methyl sites for hydroxylation is 2. The summed E-state index contributed by atoms with van der Waals surface area (Å²) in [5.41, 5.74) is 0.291. The normalized spacial score (nSPS) is 12.0. The fourth-order valence-electron chi connectivity index (χ4n) is 2.58. The van der Waals surface area contributed by atoms with E-state index >= 15 is 0 Å². The van der Waals surface area contributed by atoms with Gasteiger partial charge in [0.25, 0.3) is 10.0 Å². The molecule has 2 aromatic rings. The minimum absolute atomic E-state index is 0.0170. The number of anilines is 1. The van der Waals surface area contributed by atoms with Crippen molar-refractivity contribution in [3.05, 3.63) is 63.5 Å². The van der Waals surface area contributed by atoms with Gasteiger partial charge >= 0.3 is 5.88 Å². The summed E-state index contributed by atoms with van der Waals surface area (Å²) < 4.78 is 64.8. The number of benzene rings is 2. The summed E-state index contributed by atoms with van der Waals surface area (Å²) in [5, 5.41) is 10.6. The number of nitro groups is 1. The van der Waals surface area contributed by atoms with Crippen LogP contribution >= 0.6 is 0 Å². The molecule has 0 radical (unpaired) electrons.